The van der Waals surface area contributed by atoms with Gasteiger partial charge in [0.05, 0.1) is 35.3 Å². The molecule has 0 unspecified atom stereocenters. The molecule has 2 aromatic carbocycles. The third-order valence-corrected chi connectivity index (χ3v) is 6.42. The van der Waals surface area contributed by atoms with Crippen molar-refractivity contribution in [3.63, 3.8) is 0 Å². The van der Waals surface area contributed by atoms with Crippen LogP contribution in [-0.4, -0.2) is 25.6 Å². The third kappa shape index (κ3) is 4.32. The molecule has 0 radical (unpaired) electrons. The summed E-state index contributed by atoms with van der Waals surface area (Å²) in [5.41, 5.74) is 4.49. The number of ether oxygens (including phenoxy) is 1. The lowest BCUT2D eigenvalue weighted by molar-refractivity contribution is 0.0526. The molecule has 0 saturated carbocycles. The fourth-order valence-electron chi connectivity index (χ4n) is 3.82. The predicted molar refractivity (Wildman–Crippen MR) is 126 cm³/mol. The second kappa shape index (κ2) is 8.90. The Balaban J connectivity index is 2.08. The number of sulfonamides is 1. The van der Waals surface area contributed by atoms with Crippen LogP contribution < -0.4 is 5.14 Å². The number of furan rings is 1. The van der Waals surface area contributed by atoms with E-state index < -0.39 is 16.0 Å². The van der Waals surface area contributed by atoms with Gasteiger partial charge in [-0.05, 0) is 61.9 Å². The van der Waals surface area contributed by atoms with Crippen molar-refractivity contribution in [2.75, 3.05) is 6.61 Å². The molecule has 0 fully saturated rings. The van der Waals surface area contributed by atoms with Gasteiger partial charge in [0.1, 0.15) is 0 Å². The van der Waals surface area contributed by atoms with Crippen molar-refractivity contribution in [1.82, 2.24) is 4.57 Å². The second-order valence-corrected chi connectivity index (χ2v) is 9.30. The van der Waals surface area contributed by atoms with Crippen LogP contribution in [0.25, 0.3) is 28.1 Å². The van der Waals surface area contributed by atoms with Crippen LogP contribution in [0, 0.1) is 6.92 Å². The first-order chi connectivity index (χ1) is 15.7. The Morgan fingerprint density at radius 3 is 2.27 bits per heavy atom. The monoisotopic (exact) mass is 484 g/mol. The van der Waals surface area contributed by atoms with Gasteiger partial charge >= 0.3 is 5.97 Å². The maximum atomic E-state index is 13.1. The van der Waals surface area contributed by atoms with Crippen LogP contribution >= 0.6 is 11.6 Å². The summed E-state index contributed by atoms with van der Waals surface area (Å²) in [6, 6.07) is 15.1. The molecule has 0 aliphatic carbocycles. The van der Waals surface area contributed by atoms with E-state index in [2.05, 4.69) is 0 Å². The van der Waals surface area contributed by atoms with Gasteiger partial charge in [-0.25, -0.2) is 18.4 Å². The molecule has 33 heavy (non-hydrogen) atoms. The van der Waals surface area contributed by atoms with Gasteiger partial charge in [-0.3, -0.25) is 0 Å². The Morgan fingerprint density at radius 2 is 1.73 bits per heavy atom. The van der Waals surface area contributed by atoms with Crippen molar-refractivity contribution in [2.45, 2.75) is 18.7 Å². The number of esters is 1. The normalized spacial score (nSPS) is 11.5. The van der Waals surface area contributed by atoms with Crippen LogP contribution in [0.5, 0.6) is 0 Å². The summed E-state index contributed by atoms with van der Waals surface area (Å²) in [7, 11) is -3.85. The minimum Gasteiger partial charge on any atom is -0.472 e. The van der Waals surface area contributed by atoms with Crippen LogP contribution in [0.3, 0.4) is 0 Å². The quantitative estimate of drug-likeness (QED) is 0.379. The topological polar surface area (TPSA) is 105 Å². The number of nitrogens with two attached hydrogens (primary N) is 1. The smallest absolute Gasteiger partial charge is 0.340 e. The highest BCUT2D eigenvalue weighted by molar-refractivity contribution is 7.89. The van der Waals surface area contributed by atoms with Gasteiger partial charge in [0.25, 0.3) is 0 Å². The molecule has 2 N–H and O–H groups in total. The van der Waals surface area contributed by atoms with E-state index >= 15 is 0 Å². The number of rotatable bonds is 6. The van der Waals surface area contributed by atoms with Crippen LogP contribution in [-0.2, 0) is 14.8 Å². The first-order valence-electron chi connectivity index (χ1n) is 10.1. The molecule has 0 saturated heterocycles. The zero-order chi connectivity index (χ0) is 23.8. The highest BCUT2D eigenvalue weighted by Gasteiger charge is 2.29. The van der Waals surface area contributed by atoms with E-state index in [9.17, 15) is 13.2 Å². The molecule has 2 heterocycles. The maximum Gasteiger partial charge on any atom is 0.340 e. The summed E-state index contributed by atoms with van der Waals surface area (Å²) in [6.45, 7) is 3.77. The lowest BCUT2D eigenvalue weighted by Gasteiger charge is -2.14. The highest BCUT2D eigenvalue weighted by Crippen LogP contribution is 2.42. The average molecular weight is 485 g/mol. The van der Waals surface area contributed by atoms with E-state index in [1.54, 1.807) is 43.5 Å². The lowest BCUT2D eigenvalue weighted by atomic mass is 9.99. The van der Waals surface area contributed by atoms with Gasteiger partial charge < -0.3 is 13.7 Å². The predicted octanol–water partition coefficient (Wildman–Crippen LogP) is 5.19. The zero-order valence-electron chi connectivity index (χ0n) is 17.9. The molecule has 2 aromatic heterocycles. The van der Waals surface area contributed by atoms with Crippen LogP contribution in [0.2, 0.25) is 5.02 Å². The van der Waals surface area contributed by atoms with Crippen molar-refractivity contribution in [1.29, 1.82) is 0 Å². The van der Waals surface area contributed by atoms with Crippen molar-refractivity contribution in [2.24, 2.45) is 5.14 Å². The summed E-state index contributed by atoms with van der Waals surface area (Å²) in [5.74, 6) is -0.471. The number of carbonyl (C=O) groups is 1. The minimum absolute atomic E-state index is 0.00947. The van der Waals surface area contributed by atoms with Gasteiger partial charge in [-0.15, -0.1) is 0 Å². The van der Waals surface area contributed by atoms with E-state index in [0.29, 0.717) is 38.8 Å². The molecule has 0 bridgehead atoms. The standard InChI is InChI=1S/C24H21ClN2O5S/c1-3-32-24(28)21-15(2)27(19-8-10-20(11-9-19)33(26,29)30)23(16-4-6-18(25)7-5-16)22(21)17-12-13-31-14-17/h4-14H,3H2,1-2H3,(H2,26,29,30). The van der Waals surface area contributed by atoms with E-state index in [1.165, 1.54) is 18.4 Å². The van der Waals surface area contributed by atoms with Crippen molar-refractivity contribution < 1.29 is 22.4 Å². The molecule has 4 aromatic rings. The molecular formula is C24H21ClN2O5S. The number of benzene rings is 2. The number of primary sulfonamides is 1. The number of aromatic nitrogens is 1. The average Bonchev–Trinajstić information content (AvgIpc) is 3.40. The summed E-state index contributed by atoms with van der Waals surface area (Å²) < 4.78 is 36.0. The number of halogens is 1. The maximum absolute atomic E-state index is 13.1. The van der Waals surface area contributed by atoms with E-state index in [0.717, 1.165) is 5.56 Å². The van der Waals surface area contributed by atoms with Gasteiger partial charge in [0, 0.05) is 27.5 Å². The van der Waals surface area contributed by atoms with E-state index in [1.807, 2.05) is 23.6 Å². The second-order valence-electron chi connectivity index (χ2n) is 7.30. The molecule has 9 heteroatoms. The molecule has 0 spiro atoms. The third-order valence-electron chi connectivity index (χ3n) is 5.24. The van der Waals surface area contributed by atoms with Crippen LogP contribution in [0.15, 0.2) is 76.4 Å². The molecule has 0 aliphatic rings. The van der Waals surface area contributed by atoms with Gasteiger partial charge in [-0.2, -0.15) is 0 Å². The Labute approximate surface area is 196 Å². The minimum atomic E-state index is -3.85. The lowest BCUT2D eigenvalue weighted by Crippen LogP contribution is -2.12. The molecule has 0 amide bonds. The first-order valence-corrected chi connectivity index (χ1v) is 12.0. The van der Waals surface area contributed by atoms with Gasteiger partial charge in [0.15, 0.2) is 0 Å². The zero-order valence-corrected chi connectivity index (χ0v) is 19.5. The molecular weight excluding hydrogens is 464 g/mol. The van der Waals surface area contributed by atoms with E-state index in [-0.39, 0.29) is 11.5 Å². The van der Waals surface area contributed by atoms with Crippen LogP contribution in [0.4, 0.5) is 0 Å². The van der Waals surface area contributed by atoms with Gasteiger partial charge in [0.2, 0.25) is 10.0 Å². The SMILES string of the molecule is CCOC(=O)c1c(-c2ccoc2)c(-c2ccc(Cl)cc2)n(-c2ccc(S(N)(=O)=O)cc2)c1C. The summed E-state index contributed by atoms with van der Waals surface area (Å²) in [6.07, 6.45) is 3.09. The summed E-state index contributed by atoms with van der Waals surface area (Å²) in [5, 5.41) is 5.83. The Bertz CT molecular complexity index is 1410. The molecule has 7 nitrogen and oxygen atoms in total. The van der Waals surface area contributed by atoms with Crippen molar-refractivity contribution in [3.05, 3.63) is 83.4 Å². The molecule has 0 aliphatic heterocycles. The largest absolute Gasteiger partial charge is 0.472 e. The Hall–Kier alpha value is -3.33. The van der Waals surface area contributed by atoms with Gasteiger partial charge in [-0.1, -0.05) is 23.7 Å². The summed E-state index contributed by atoms with van der Waals surface area (Å²) in [4.78, 5) is 13.1. The fourth-order valence-corrected chi connectivity index (χ4v) is 4.46. The highest BCUT2D eigenvalue weighted by atomic mass is 35.5. The Morgan fingerprint density at radius 1 is 1.06 bits per heavy atom. The number of hydrogen-bond donors (Lipinski definition) is 1. The number of carbonyl (C=O) groups excluding carboxylic acids is 1. The fraction of sp³-hybridized carbons (Fsp3) is 0.125. The van der Waals surface area contributed by atoms with E-state index in [4.69, 9.17) is 25.9 Å². The Kier molecular flexibility index (Phi) is 6.16. The first kappa shape index (κ1) is 22.8. The summed E-state index contributed by atoms with van der Waals surface area (Å²) >= 11 is 6.12. The number of nitrogens with zero attached hydrogens (tertiary/aromatic N) is 1. The number of hydrogen-bond acceptors (Lipinski definition) is 5. The molecule has 170 valence electrons. The van der Waals surface area contributed by atoms with Crippen molar-refractivity contribution in [3.8, 4) is 28.1 Å². The molecule has 4 rings (SSSR count). The molecule has 0 atom stereocenters. The van der Waals surface area contributed by atoms with Crippen molar-refractivity contribution >= 4 is 27.6 Å². The van der Waals surface area contributed by atoms with Crippen LogP contribution in [0.1, 0.15) is 23.0 Å².